The summed E-state index contributed by atoms with van der Waals surface area (Å²) in [4.78, 5) is 24.3. The van der Waals surface area contributed by atoms with Crippen LogP contribution in [0.15, 0.2) is 0 Å². The Kier molecular flexibility index (Phi) is 5.60. The van der Waals surface area contributed by atoms with Crippen molar-refractivity contribution in [3.8, 4) is 0 Å². The van der Waals surface area contributed by atoms with E-state index in [1.54, 1.807) is 11.8 Å². The van der Waals surface area contributed by atoms with Gasteiger partial charge >= 0.3 is 12.0 Å². The maximum absolute atomic E-state index is 11.9. The first-order valence-electron chi connectivity index (χ1n) is 6.71. The van der Waals surface area contributed by atoms with E-state index in [0.717, 1.165) is 0 Å². The zero-order valence-corrected chi connectivity index (χ0v) is 11.9. The molecule has 2 amide bonds. The summed E-state index contributed by atoms with van der Waals surface area (Å²) < 4.78 is 5.54. The van der Waals surface area contributed by atoms with Gasteiger partial charge in [0.25, 0.3) is 0 Å². The highest BCUT2D eigenvalue weighted by Crippen LogP contribution is 2.16. The van der Waals surface area contributed by atoms with Gasteiger partial charge in [0.05, 0.1) is 24.7 Å². The summed E-state index contributed by atoms with van der Waals surface area (Å²) >= 11 is 0. The van der Waals surface area contributed by atoms with Crippen molar-refractivity contribution in [3.05, 3.63) is 0 Å². The van der Waals surface area contributed by atoms with Crippen molar-refractivity contribution in [1.29, 1.82) is 0 Å². The van der Waals surface area contributed by atoms with E-state index < -0.39 is 5.97 Å². The van der Waals surface area contributed by atoms with Crippen molar-refractivity contribution in [1.82, 2.24) is 10.2 Å². The Bertz CT molecular complexity index is 331. The monoisotopic (exact) mass is 272 g/mol. The standard InChI is InChI=1S/C13H24N2O4/c1-10(11(16)17)5-4-6-14-12(18)15-7-8-19-13(2,3)9-15/h10H,4-9H2,1-3H3,(H,14,18)(H,16,17). The molecular formula is C13H24N2O4. The molecule has 1 fully saturated rings. The lowest BCUT2D eigenvalue weighted by Crippen LogP contribution is -2.53. The van der Waals surface area contributed by atoms with E-state index in [1.165, 1.54) is 0 Å². The van der Waals surface area contributed by atoms with E-state index in [-0.39, 0.29) is 17.6 Å². The van der Waals surface area contributed by atoms with Gasteiger partial charge in [0.2, 0.25) is 0 Å². The first kappa shape index (κ1) is 15.8. The molecule has 19 heavy (non-hydrogen) atoms. The molecule has 6 heteroatoms. The average molecular weight is 272 g/mol. The third-order valence-corrected chi connectivity index (χ3v) is 3.22. The number of carbonyl (C=O) groups is 2. The van der Waals surface area contributed by atoms with Gasteiger partial charge in [0.1, 0.15) is 0 Å². The molecule has 0 aromatic carbocycles. The van der Waals surface area contributed by atoms with Crippen LogP contribution in [0.4, 0.5) is 4.79 Å². The maximum atomic E-state index is 11.9. The normalized spacial score (nSPS) is 19.8. The molecule has 0 aliphatic carbocycles. The van der Waals surface area contributed by atoms with Crippen LogP contribution in [-0.4, -0.2) is 53.8 Å². The van der Waals surface area contributed by atoms with Crippen LogP contribution in [0.25, 0.3) is 0 Å². The van der Waals surface area contributed by atoms with Crippen molar-refractivity contribution in [2.24, 2.45) is 5.92 Å². The minimum Gasteiger partial charge on any atom is -0.481 e. The number of nitrogens with zero attached hydrogens (tertiary/aromatic N) is 1. The van der Waals surface area contributed by atoms with Gasteiger partial charge in [-0.2, -0.15) is 0 Å². The Morgan fingerprint density at radius 1 is 1.47 bits per heavy atom. The summed E-state index contributed by atoms with van der Waals surface area (Å²) in [5.74, 6) is -1.15. The number of rotatable bonds is 5. The maximum Gasteiger partial charge on any atom is 0.317 e. The lowest BCUT2D eigenvalue weighted by Gasteiger charge is -2.38. The second kappa shape index (κ2) is 6.75. The molecule has 110 valence electrons. The number of hydrogen-bond donors (Lipinski definition) is 2. The number of aliphatic carboxylic acids is 1. The molecule has 1 saturated heterocycles. The second-order valence-electron chi connectivity index (χ2n) is 5.64. The van der Waals surface area contributed by atoms with Crippen LogP contribution < -0.4 is 5.32 Å². The van der Waals surface area contributed by atoms with Crippen LogP contribution >= 0.6 is 0 Å². The molecule has 1 heterocycles. The zero-order chi connectivity index (χ0) is 14.5. The SMILES string of the molecule is CC(CCCNC(=O)N1CCOC(C)(C)C1)C(=O)O. The molecule has 0 spiro atoms. The fraction of sp³-hybridized carbons (Fsp3) is 0.846. The molecule has 1 aliphatic heterocycles. The van der Waals surface area contributed by atoms with E-state index in [2.05, 4.69) is 5.32 Å². The highest BCUT2D eigenvalue weighted by atomic mass is 16.5. The average Bonchev–Trinajstić information content (AvgIpc) is 2.32. The summed E-state index contributed by atoms with van der Waals surface area (Å²) in [6.45, 7) is 7.83. The predicted octanol–water partition coefficient (Wildman–Crippen LogP) is 1.31. The molecule has 1 unspecified atom stereocenters. The van der Waals surface area contributed by atoms with E-state index in [1.807, 2.05) is 13.8 Å². The Morgan fingerprint density at radius 3 is 2.74 bits per heavy atom. The first-order chi connectivity index (χ1) is 8.82. The van der Waals surface area contributed by atoms with E-state index in [0.29, 0.717) is 39.1 Å². The van der Waals surface area contributed by atoms with Crippen molar-refractivity contribution in [3.63, 3.8) is 0 Å². The molecule has 0 aromatic rings. The highest BCUT2D eigenvalue weighted by molar-refractivity contribution is 5.74. The van der Waals surface area contributed by atoms with Crippen LogP contribution in [0.2, 0.25) is 0 Å². The second-order valence-corrected chi connectivity index (χ2v) is 5.64. The number of urea groups is 1. The van der Waals surface area contributed by atoms with Crippen molar-refractivity contribution < 1.29 is 19.4 Å². The fourth-order valence-electron chi connectivity index (χ4n) is 2.03. The first-order valence-corrected chi connectivity index (χ1v) is 6.71. The third-order valence-electron chi connectivity index (χ3n) is 3.22. The highest BCUT2D eigenvalue weighted by Gasteiger charge is 2.29. The zero-order valence-electron chi connectivity index (χ0n) is 11.9. The Morgan fingerprint density at radius 2 is 2.16 bits per heavy atom. The molecule has 1 rings (SSSR count). The van der Waals surface area contributed by atoms with Crippen LogP contribution in [0.3, 0.4) is 0 Å². The number of nitrogens with one attached hydrogen (secondary N) is 1. The molecule has 6 nitrogen and oxygen atoms in total. The fourth-order valence-corrected chi connectivity index (χ4v) is 2.03. The minimum atomic E-state index is -0.791. The molecule has 0 radical (unpaired) electrons. The van der Waals surface area contributed by atoms with Crippen LogP contribution in [-0.2, 0) is 9.53 Å². The van der Waals surface area contributed by atoms with Gasteiger partial charge in [-0.1, -0.05) is 6.92 Å². The van der Waals surface area contributed by atoms with Crippen LogP contribution in [0, 0.1) is 5.92 Å². The number of morpholine rings is 1. The van der Waals surface area contributed by atoms with Crippen molar-refractivity contribution in [2.45, 2.75) is 39.2 Å². The van der Waals surface area contributed by atoms with Crippen molar-refractivity contribution >= 4 is 12.0 Å². The smallest absolute Gasteiger partial charge is 0.317 e. The number of ether oxygens (including phenoxy) is 1. The number of carbonyl (C=O) groups excluding carboxylic acids is 1. The third kappa shape index (κ3) is 5.46. The molecule has 0 aromatic heterocycles. The van der Waals surface area contributed by atoms with Crippen LogP contribution in [0.5, 0.6) is 0 Å². The summed E-state index contributed by atoms with van der Waals surface area (Å²) in [7, 11) is 0. The van der Waals surface area contributed by atoms with Crippen molar-refractivity contribution in [2.75, 3.05) is 26.2 Å². The summed E-state index contributed by atoms with van der Waals surface area (Å²) in [5.41, 5.74) is -0.298. The topological polar surface area (TPSA) is 78.9 Å². The Balaban J connectivity index is 2.22. The van der Waals surface area contributed by atoms with Gasteiger partial charge in [0.15, 0.2) is 0 Å². The molecule has 0 bridgehead atoms. The molecule has 0 saturated carbocycles. The van der Waals surface area contributed by atoms with Crippen LogP contribution in [0.1, 0.15) is 33.6 Å². The van der Waals surface area contributed by atoms with E-state index >= 15 is 0 Å². The summed E-state index contributed by atoms with van der Waals surface area (Å²) in [6, 6.07) is -0.0978. The van der Waals surface area contributed by atoms with Gasteiger partial charge in [-0.05, 0) is 26.7 Å². The van der Waals surface area contributed by atoms with Gasteiger partial charge < -0.3 is 20.1 Å². The summed E-state index contributed by atoms with van der Waals surface area (Å²) in [5, 5.41) is 11.6. The largest absolute Gasteiger partial charge is 0.481 e. The van der Waals surface area contributed by atoms with Gasteiger partial charge in [-0.15, -0.1) is 0 Å². The minimum absolute atomic E-state index is 0.0978. The number of amides is 2. The Hall–Kier alpha value is -1.30. The molecular weight excluding hydrogens is 248 g/mol. The van der Waals surface area contributed by atoms with Gasteiger partial charge in [-0.25, -0.2) is 4.79 Å². The lowest BCUT2D eigenvalue weighted by atomic mass is 10.1. The number of carboxylic acids is 1. The number of hydrogen-bond acceptors (Lipinski definition) is 3. The predicted molar refractivity (Wildman–Crippen MR) is 71.0 cm³/mol. The van der Waals surface area contributed by atoms with Gasteiger partial charge in [0, 0.05) is 13.1 Å². The summed E-state index contributed by atoms with van der Waals surface area (Å²) in [6.07, 6.45) is 1.25. The van der Waals surface area contributed by atoms with E-state index in [9.17, 15) is 9.59 Å². The lowest BCUT2D eigenvalue weighted by molar-refractivity contribution is -0.141. The van der Waals surface area contributed by atoms with E-state index in [4.69, 9.17) is 9.84 Å². The molecule has 1 aliphatic rings. The number of carboxylic acid groups (broad SMARTS) is 1. The molecule has 1 atom stereocenters. The Labute approximate surface area is 114 Å². The molecule has 2 N–H and O–H groups in total. The quantitative estimate of drug-likeness (QED) is 0.740. The van der Waals surface area contributed by atoms with Gasteiger partial charge in [-0.3, -0.25) is 4.79 Å².